The molecule has 0 aliphatic carbocycles. The molecule has 0 N–H and O–H groups in total. The van der Waals surface area contributed by atoms with Gasteiger partial charge in [0.2, 0.25) is 0 Å². The Morgan fingerprint density at radius 1 is 1.05 bits per heavy atom. The lowest BCUT2D eigenvalue weighted by Gasteiger charge is -2.16. The van der Waals surface area contributed by atoms with Crippen LogP contribution in [-0.2, 0) is 11.3 Å². The average Bonchev–Trinajstić information content (AvgIpc) is 2.67. The first-order chi connectivity index (χ1) is 9.58. The molecule has 1 aliphatic heterocycles. The minimum atomic E-state index is -0.465. The van der Waals surface area contributed by atoms with Gasteiger partial charge in [-0.05, 0) is 40.5 Å². The van der Waals surface area contributed by atoms with Crippen molar-refractivity contribution in [2.75, 3.05) is 4.90 Å². The lowest BCUT2D eigenvalue weighted by Crippen LogP contribution is -2.29. The lowest BCUT2D eigenvalue weighted by molar-refractivity contribution is -0.114. The van der Waals surface area contributed by atoms with Gasteiger partial charge >= 0.3 is 0 Å². The molecule has 0 aromatic heterocycles. The van der Waals surface area contributed by atoms with Gasteiger partial charge in [-0.15, -0.1) is 0 Å². The zero-order chi connectivity index (χ0) is 14.3. The summed E-state index contributed by atoms with van der Waals surface area (Å²) in [5.41, 5.74) is 3.31. The van der Waals surface area contributed by atoms with E-state index >= 15 is 0 Å². The average molecular weight is 330 g/mol. The van der Waals surface area contributed by atoms with Crippen molar-refractivity contribution >= 4 is 33.3 Å². The van der Waals surface area contributed by atoms with Crippen LogP contribution in [0, 0.1) is 6.92 Å². The van der Waals surface area contributed by atoms with Crippen molar-refractivity contribution in [1.82, 2.24) is 0 Å². The number of Topliss-reactive ketones (excluding diaryl/α,β-unsaturated/α-hetero) is 1. The summed E-state index contributed by atoms with van der Waals surface area (Å²) in [6.45, 7) is 2.43. The third kappa shape index (κ3) is 2.06. The number of amides is 1. The quantitative estimate of drug-likeness (QED) is 0.791. The largest absolute Gasteiger partial charge is 0.300 e. The Kier molecular flexibility index (Phi) is 3.18. The van der Waals surface area contributed by atoms with Crippen LogP contribution in [0.2, 0.25) is 0 Å². The van der Waals surface area contributed by atoms with Gasteiger partial charge in [0, 0.05) is 4.47 Å². The van der Waals surface area contributed by atoms with Crippen molar-refractivity contribution in [2.45, 2.75) is 13.5 Å². The molecule has 3 rings (SSSR count). The molecule has 0 unspecified atom stereocenters. The fraction of sp³-hybridized carbons (Fsp3) is 0.125. The van der Waals surface area contributed by atoms with Gasteiger partial charge in [-0.1, -0.05) is 35.9 Å². The number of anilines is 1. The molecule has 2 aromatic rings. The molecule has 4 heteroatoms. The van der Waals surface area contributed by atoms with Gasteiger partial charge in [0.1, 0.15) is 0 Å². The number of hydrogen-bond acceptors (Lipinski definition) is 2. The van der Waals surface area contributed by atoms with E-state index < -0.39 is 11.7 Å². The summed E-state index contributed by atoms with van der Waals surface area (Å²) in [7, 11) is 0. The molecule has 2 aromatic carbocycles. The van der Waals surface area contributed by atoms with Crippen molar-refractivity contribution < 1.29 is 9.59 Å². The van der Waals surface area contributed by atoms with Gasteiger partial charge in [-0.3, -0.25) is 9.59 Å². The molecule has 0 radical (unpaired) electrons. The first-order valence-electron chi connectivity index (χ1n) is 6.28. The fourth-order valence-electron chi connectivity index (χ4n) is 2.33. The molecule has 20 heavy (non-hydrogen) atoms. The summed E-state index contributed by atoms with van der Waals surface area (Å²) in [6.07, 6.45) is 0. The monoisotopic (exact) mass is 329 g/mol. The Morgan fingerprint density at radius 2 is 1.75 bits per heavy atom. The van der Waals surface area contributed by atoms with E-state index in [1.54, 1.807) is 12.1 Å². The highest BCUT2D eigenvalue weighted by Gasteiger charge is 2.37. The van der Waals surface area contributed by atoms with E-state index in [1.165, 1.54) is 10.5 Å². The molecule has 0 saturated heterocycles. The molecule has 0 atom stereocenters. The maximum atomic E-state index is 12.1. The first-order valence-corrected chi connectivity index (χ1v) is 7.07. The summed E-state index contributed by atoms with van der Waals surface area (Å²) < 4.78 is 0.666. The van der Waals surface area contributed by atoms with Gasteiger partial charge in [0.05, 0.1) is 17.8 Å². The van der Waals surface area contributed by atoms with Gasteiger partial charge in [-0.2, -0.15) is 0 Å². The normalized spacial score (nSPS) is 13.8. The first kappa shape index (κ1) is 13.1. The van der Waals surface area contributed by atoms with E-state index in [2.05, 4.69) is 15.9 Å². The third-order valence-corrected chi connectivity index (χ3v) is 4.07. The molecule has 100 valence electrons. The zero-order valence-corrected chi connectivity index (χ0v) is 12.5. The summed E-state index contributed by atoms with van der Waals surface area (Å²) in [4.78, 5) is 25.7. The second-order valence-electron chi connectivity index (χ2n) is 4.84. The summed E-state index contributed by atoms with van der Waals surface area (Å²) in [5, 5.41) is 0. The van der Waals surface area contributed by atoms with Crippen LogP contribution in [0.4, 0.5) is 5.69 Å². The number of fused-ring (bicyclic) bond motifs is 1. The molecule has 0 bridgehead atoms. The Morgan fingerprint density at radius 3 is 2.45 bits per heavy atom. The zero-order valence-electron chi connectivity index (χ0n) is 10.9. The Balaban J connectivity index is 1.99. The highest BCUT2D eigenvalue weighted by Crippen LogP contribution is 2.35. The second-order valence-corrected chi connectivity index (χ2v) is 5.69. The number of ketones is 1. The molecule has 0 saturated carbocycles. The summed E-state index contributed by atoms with van der Waals surface area (Å²) in [5.74, 6) is -0.910. The molecule has 1 heterocycles. The minimum absolute atomic E-state index is 0.411. The molecular weight excluding hydrogens is 318 g/mol. The van der Waals surface area contributed by atoms with Gasteiger partial charge < -0.3 is 4.90 Å². The lowest BCUT2D eigenvalue weighted by atomic mass is 10.1. The van der Waals surface area contributed by atoms with Crippen LogP contribution < -0.4 is 4.90 Å². The molecule has 1 amide bonds. The fourth-order valence-corrected chi connectivity index (χ4v) is 2.87. The van der Waals surface area contributed by atoms with Crippen LogP contribution in [-0.4, -0.2) is 11.7 Å². The highest BCUT2D eigenvalue weighted by molar-refractivity contribution is 9.10. The summed E-state index contributed by atoms with van der Waals surface area (Å²) in [6, 6.07) is 13.4. The van der Waals surface area contributed by atoms with Gasteiger partial charge in [-0.25, -0.2) is 0 Å². The van der Waals surface area contributed by atoms with E-state index in [0.29, 0.717) is 22.3 Å². The summed E-state index contributed by atoms with van der Waals surface area (Å²) >= 11 is 3.34. The Hall–Kier alpha value is -1.94. The highest BCUT2D eigenvalue weighted by atomic mass is 79.9. The number of rotatable bonds is 2. The molecule has 3 nitrogen and oxygen atoms in total. The predicted octanol–water partition coefficient (Wildman–Crippen LogP) is 3.49. The van der Waals surface area contributed by atoms with E-state index in [0.717, 1.165) is 5.56 Å². The molecular formula is C16H12BrNO2. The maximum absolute atomic E-state index is 12.1. The van der Waals surface area contributed by atoms with Crippen molar-refractivity contribution in [1.29, 1.82) is 0 Å². The topological polar surface area (TPSA) is 37.4 Å². The van der Waals surface area contributed by atoms with Crippen LogP contribution in [0.15, 0.2) is 46.9 Å². The van der Waals surface area contributed by atoms with Crippen LogP contribution in [0.5, 0.6) is 0 Å². The number of hydrogen-bond donors (Lipinski definition) is 0. The van der Waals surface area contributed by atoms with Crippen LogP contribution in [0.1, 0.15) is 21.5 Å². The standard InChI is InChI=1S/C16H12BrNO2/c1-10-5-7-11(8-6-10)9-18-13-4-2-3-12(17)14(13)15(19)16(18)20/h2-8H,9H2,1H3. The van der Waals surface area contributed by atoms with Crippen molar-refractivity contribution in [2.24, 2.45) is 0 Å². The van der Waals surface area contributed by atoms with Gasteiger partial charge in [0.15, 0.2) is 0 Å². The van der Waals surface area contributed by atoms with E-state index in [1.807, 2.05) is 37.3 Å². The molecule has 0 spiro atoms. The van der Waals surface area contributed by atoms with Crippen molar-refractivity contribution in [3.63, 3.8) is 0 Å². The molecule has 0 fully saturated rings. The second kappa shape index (κ2) is 4.87. The van der Waals surface area contributed by atoms with E-state index in [9.17, 15) is 9.59 Å². The molecule has 1 aliphatic rings. The Bertz CT molecular complexity index is 707. The SMILES string of the molecule is Cc1ccc(CN2C(=O)C(=O)c3c(Br)cccc32)cc1. The maximum Gasteiger partial charge on any atom is 0.299 e. The number of benzene rings is 2. The predicted molar refractivity (Wildman–Crippen MR) is 80.8 cm³/mol. The van der Waals surface area contributed by atoms with Gasteiger partial charge in [0.25, 0.3) is 11.7 Å². The van der Waals surface area contributed by atoms with E-state index in [4.69, 9.17) is 0 Å². The van der Waals surface area contributed by atoms with Crippen LogP contribution in [0.3, 0.4) is 0 Å². The third-order valence-electron chi connectivity index (χ3n) is 3.41. The smallest absolute Gasteiger partial charge is 0.299 e. The van der Waals surface area contributed by atoms with Crippen LogP contribution >= 0.6 is 15.9 Å². The van der Waals surface area contributed by atoms with E-state index in [-0.39, 0.29) is 0 Å². The number of aryl methyl sites for hydroxylation is 1. The number of nitrogens with zero attached hydrogens (tertiary/aromatic N) is 1. The minimum Gasteiger partial charge on any atom is -0.300 e. The number of carbonyl (C=O) groups is 2. The number of halogens is 1. The van der Waals surface area contributed by atoms with Crippen LogP contribution in [0.25, 0.3) is 0 Å². The van der Waals surface area contributed by atoms with Crippen molar-refractivity contribution in [3.05, 3.63) is 63.6 Å². The Labute approximate surface area is 125 Å². The van der Waals surface area contributed by atoms with Crippen molar-refractivity contribution in [3.8, 4) is 0 Å². The number of carbonyl (C=O) groups excluding carboxylic acids is 2.